The Morgan fingerprint density at radius 2 is 2.06 bits per heavy atom. The van der Waals surface area contributed by atoms with E-state index < -0.39 is 0 Å². The quantitative estimate of drug-likeness (QED) is 0.729. The van der Waals surface area contributed by atoms with Crippen molar-refractivity contribution in [1.82, 2.24) is 10.3 Å². The molecule has 0 fully saturated rings. The van der Waals surface area contributed by atoms with E-state index in [0.717, 1.165) is 13.1 Å². The van der Waals surface area contributed by atoms with Crippen molar-refractivity contribution >= 4 is 22.2 Å². The fraction of sp³-hybridized carbons (Fsp3) is 0.200. The molecule has 0 radical (unpaired) electrons. The highest BCUT2D eigenvalue weighted by Gasteiger charge is 2.01. The number of aromatic nitrogens is 1. The van der Waals surface area contributed by atoms with Crippen molar-refractivity contribution in [2.24, 2.45) is 0 Å². The SMILES string of the molecule is Cc1ccc(CNCc2cccc3[nH]ccc23)s1. The second-order valence-electron chi connectivity index (χ2n) is 4.47. The number of H-pyrrole nitrogens is 1. The molecular weight excluding hydrogens is 240 g/mol. The van der Waals surface area contributed by atoms with E-state index in [-0.39, 0.29) is 0 Å². The van der Waals surface area contributed by atoms with Crippen molar-refractivity contribution in [3.63, 3.8) is 0 Å². The molecule has 18 heavy (non-hydrogen) atoms. The van der Waals surface area contributed by atoms with Crippen LogP contribution in [0.25, 0.3) is 10.9 Å². The number of hydrogen-bond donors (Lipinski definition) is 2. The Bertz CT molecular complexity index is 651. The first-order valence-electron chi connectivity index (χ1n) is 6.14. The number of thiophene rings is 1. The molecule has 0 unspecified atom stereocenters. The maximum absolute atomic E-state index is 3.51. The molecule has 0 spiro atoms. The third kappa shape index (κ3) is 2.33. The van der Waals surface area contributed by atoms with Crippen LogP contribution in [-0.4, -0.2) is 4.98 Å². The van der Waals surface area contributed by atoms with Gasteiger partial charge < -0.3 is 10.3 Å². The normalized spacial score (nSPS) is 11.2. The van der Waals surface area contributed by atoms with Crippen LogP contribution in [0.5, 0.6) is 0 Å². The highest BCUT2D eigenvalue weighted by molar-refractivity contribution is 7.11. The molecule has 3 heteroatoms. The molecular formula is C15H16N2S. The van der Waals surface area contributed by atoms with E-state index in [0.29, 0.717) is 0 Å². The second-order valence-corrected chi connectivity index (χ2v) is 5.84. The molecule has 3 aromatic rings. The molecule has 3 rings (SSSR count). The number of aryl methyl sites for hydroxylation is 1. The van der Waals surface area contributed by atoms with E-state index in [2.05, 4.69) is 53.6 Å². The summed E-state index contributed by atoms with van der Waals surface area (Å²) in [5.74, 6) is 0. The molecule has 0 atom stereocenters. The Balaban J connectivity index is 1.68. The first-order chi connectivity index (χ1) is 8.83. The van der Waals surface area contributed by atoms with Gasteiger partial charge in [-0.2, -0.15) is 0 Å². The smallest absolute Gasteiger partial charge is 0.0457 e. The summed E-state index contributed by atoms with van der Waals surface area (Å²) in [4.78, 5) is 6.02. The van der Waals surface area contributed by atoms with Crippen molar-refractivity contribution in [1.29, 1.82) is 0 Å². The Labute approximate surface area is 111 Å². The summed E-state index contributed by atoms with van der Waals surface area (Å²) < 4.78 is 0. The summed E-state index contributed by atoms with van der Waals surface area (Å²) in [5.41, 5.74) is 2.56. The largest absolute Gasteiger partial charge is 0.361 e. The lowest BCUT2D eigenvalue weighted by Crippen LogP contribution is -2.11. The van der Waals surface area contributed by atoms with Crippen molar-refractivity contribution in [3.8, 4) is 0 Å². The minimum atomic E-state index is 0.909. The van der Waals surface area contributed by atoms with E-state index in [4.69, 9.17) is 0 Å². The highest BCUT2D eigenvalue weighted by Crippen LogP contribution is 2.18. The van der Waals surface area contributed by atoms with E-state index in [1.54, 1.807) is 0 Å². The molecule has 0 saturated carbocycles. The predicted molar refractivity (Wildman–Crippen MR) is 77.9 cm³/mol. The lowest BCUT2D eigenvalue weighted by atomic mass is 10.1. The fourth-order valence-electron chi connectivity index (χ4n) is 2.21. The average Bonchev–Trinajstić information content (AvgIpc) is 2.98. The van der Waals surface area contributed by atoms with Crippen LogP contribution in [0, 0.1) is 6.92 Å². The summed E-state index contributed by atoms with van der Waals surface area (Å²) in [7, 11) is 0. The predicted octanol–water partition coefficient (Wildman–Crippen LogP) is 3.83. The highest BCUT2D eigenvalue weighted by atomic mass is 32.1. The standard InChI is InChI=1S/C15H16N2S/c1-11-5-6-13(18-11)10-16-9-12-3-2-4-15-14(12)7-8-17-15/h2-8,16-17H,9-10H2,1H3. The van der Waals surface area contributed by atoms with Crippen LogP contribution in [0.3, 0.4) is 0 Å². The first kappa shape index (κ1) is 11.5. The van der Waals surface area contributed by atoms with Crippen LogP contribution in [-0.2, 0) is 13.1 Å². The van der Waals surface area contributed by atoms with E-state index in [9.17, 15) is 0 Å². The number of nitrogens with one attached hydrogen (secondary N) is 2. The third-order valence-corrected chi connectivity index (χ3v) is 4.10. The van der Waals surface area contributed by atoms with Gasteiger partial charge in [-0.1, -0.05) is 12.1 Å². The van der Waals surface area contributed by atoms with Crippen molar-refractivity contribution in [2.75, 3.05) is 0 Å². The summed E-state index contributed by atoms with van der Waals surface area (Å²) in [6.45, 7) is 4.00. The van der Waals surface area contributed by atoms with Crippen molar-refractivity contribution in [2.45, 2.75) is 20.0 Å². The Morgan fingerprint density at radius 1 is 1.11 bits per heavy atom. The lowest BCUT2D eigenvalue weighted by molar-refractivity contribution is 0.704. The first-order valence-corrected chi connectivity index (χ1v) is 6.95. The minimum absolute atomic E-state index is 0.909. The Hall–Kier alpha value is -1.58. The molecule has 2 heterocycles. The van der Waals surface area contributed by atoms with E-state index >= 15 is 0 Å². The number of benzene rings is 1. The minimum Gasteiger partial charge on any atom is -0.361 e. The van der Waals surface area contributed by atoms with Gasteiger partial charge in [-0.25, -0.2) is 0 Å². The van der Waals surface area contributed by atoms with Gasteiger partial charge in [0.05, 0.1) is 0 Å². The monoisotopic (exact) mass is 256 g/mol. The number of fused-ring (bicyclic) bond motifs is 1. The molecule has 0 saturated heterocycles. The van der Waals surface area contributed by atoms with Crippen LogP contribution in [0.4, 0.5) is 0 Å². The molecule has 2 N–H and O–H groups in total. The van der Waals surface area contributed by atoms with Crippen molar-refractivity contribution in [3.05, 3.63) is 57.9 Å². The molecule has 2 nitrogen and oxygen atoms in total. The van der Waals surface area contributed by atoms with Gasteiger partial charge in [-0.05, 0) is 36.8 Å². The van der Waals surface area contributed by atoms with Gasteiger partial charge >= 0.3 is 0 Å². The van der Waals surface area contributed by atoms with Crippen LogP contribution in [0.2, 0.25) is 0 Å². The second kappa shape index (κ2) is 4.96. The van der Waals surface area contributed by atoms with Crippen LogP contribution in [0.15, 0.2) is 42.6 Å². The van der Waals surface area contributed by atoms with Crippen molar-refractivity contribution < 1.29 is 0 Å². The summed E-state index contributed by atoms with van der Waals surface area (Å²) in [6, 6.07) is 12.9. The zero-order chi connectivity index (χ0) is 12.4. The van der Waals surface area contributed by atoms with Crippen LogP contribution >= 0.6 is 11.3 Å². The maximum atomic E-state index is 3.51. The molecule has 0 aliphatic rings. The van der Waals surface area contributed by atoms with E-state index in [1.165, 1.54) is 26.2 Å². The van der Waals surface area contributed by atoms with Gasteiger partial charge in [0.25, 0.3) is 0 Å². The summed E-state index contributed by atoms with van der Waals surface area (Å²) in [5, 5.41) is 4.82. The molecule has 92 valence electrons. The Kier molecular flexibility index (Phi) is 3.17. The number of rotatable bonds is 4. The fourth-order valence-corrected chi connectivity index (χ4v) is 3.07. The third-order valence-electron chi connectivity index (χ3n) is 3.10. The van der Waals surface area contributed by atoms with Gasteiger partial charge in [-0.3, -0.25) is 0 Å². The molecule has 0 aliphatic heterocycles. The van der Waals surface area contributed by atoms with Gasteiger partial charge in [0, 0.05) is 39.9 Å². The maximum Gasteiger partial charge on any atom is 0.0457 e. The lowest BCUT2D eigenvalue weighted by Gasteiger charge is -2.05. The zero-order valence-electron chi connectivity index (χ0n) is 10.4. The van der Waals surface area contributed by atoms with Gasteiger partial charge in [0.15, 0.2) is 0 Å². The molecule has 1 aromatic carbocycles. The van der Waals surface area contributed by atoms with Gasteiger partial charge in [0.1, 0.15) is 0 Å². The zero-order valence-corrected chi connectivity index (χ0v) is 11.2. The number of aromatic amines is 1. The van der Waals surface area contributed by atoms with Gasteiger partial charge in [0.2, 0.25) is 0 Å². The number of hydrogen-bond acceptors (Lipinski definition) is 2. The Morgan fingerprint density at radius 3 is 2.89 bits per heavy atom. The van der Waals surface area contributed by atoms with E-state index in [1.807, 2.05) is 17.5 Å². The molecule has 0 amide bonds. The van der Waals surface area contributed by atoms with Gasteiger partial charge in [-0.15, -0.1) is 11.3 Å². The average molecular weight is 256 g/mol. The molecule has 2 aromatic heterocycles. The van der Waals surface area contributed by atoms with Crippen LogP contribution < -0.4 is 5.32 Å². The molecule has 0 bridgehead atoms. The summed E-state index contributed by atoms with van der Waals surface area (Å²) >= 11 is 1.86. The summed E-state index contributed by atoms with van der Waals surface area (Å²) in [6.07, 6.45) is 2.00. The molecule has 0 aliphatic carbocycles. The van der Waals surface area contributed by atoms with Crippen LogP contribution in [0.1, 0.15) is 15.3 Å². The topological polar surface area (TPSA) is 27.8 Å².